The second-order valence-corrected chi connectivity index (χ2v) is 9.41. The molecule has 3 rings (SSSR count). The lowest BCUT2D eigenvalue weighted by Gasteiger charge is -2.33. The van der Waals surface area contributed by atoms with E-state index in [1.165, 1.54) is 4.90 Å². The molecule has 0 radical (unpaired) electrons. The number of aliphatic carboxylic acids is 1. The maximum Gasteiger partial charge on any atom is 0.303 e. The summed E-state index contributed by atoms with van der Waals surface area (Å²) in [6.45, 7) is 6.56. The second kappa shape index (κ2) is 11.0. The van der Waals surface area contributed by atoms with E-state index in [9.17, 15) is 19.6 Å². The van der Waals surface area contributed by atoms with Crippen LogP contribution in [0.4, 0.5) is 5.82 Å². The van der Waals surface area contributed by atoms with Crippen molar-refractivity contribution in [1.29, 1.82) is 5.26 Å². The standard InChI is InChI=1S/C22H26N4O5S2/c1-3-6-25-19(24-8-10-31-11-9-24)15(14(2)16(13-23)20(25)29)12-17-21(30)26(22(32)33-17)7-4-5-18(27)28/h12H,3-11H2,1-2H3,(H,27,28)/b17-12-. The molecule has 0 spiro atoms. The maximum atomic E-state index is 13.1. The molecule has 2 aliphatic rings. The van der Waals surface area contributed by atoms with E-state index in [2.05, 4.69) is 4.90 Å². The van der Waals surface area contributed by atoms with E-state index in [-0.39, 0.29) is 30.0 Å². The van der Waals surface area contributed by atoms with Gasteiger partial charge in [-0.15, -0.1) is 0 Å². The molecule has 1 N–H and O–H groups in total. The van der Waals surface area contributed by atoms with Gasteiger partial charge in [0.05, 0.1) is 18.1 Å². The number of morpholine rings is 1. The SMILES string of the molecule is CCCn1c(N2CCOCC2)c(/C=C2\SC(=S)N(CCCC(=O)O)C2=O)c(C)c(C#N)c1=O. The molecule has 0 saturated carbocycles. The number of carboxylic acids is 1. The van der Waals surface area contributed by atoms with Crippen LogP contribution in [0.25, 0.3) is 6.08 Å². The molecule has 2 saturated heterocycles. The third kappa shape index (κ3) is 5.29. The second-order valence-electron chi connectivity index (χ2n) is 7.74. The van der Waals surface area contributed by atoms with Crippen LogP contribution in [0.3, 0.4) is 0 Å². The molecule has 0 atom stereocenters. The van der Waals surface area contributed by atoms with Crippen LogP contribution >= 0.6 is 24.0 Å². The molecule has 0 unspecified atom stereocenters. The lowest BCUT2D eigenvalue weighted by Crippen LogP contribution is -2.41. The van der Waals surface area contributed by atoms with Gasteiger partial charge in [-0.05, 0) is 31.4 Å². The Balaban J connectivity index is 2.10. The molecule has 9 nitrogen and oxygen atoms in total. The van der Waals surface area contributed by atoms with E-state index >= 15 is 0 Å². The zero-order chi connectivity index (χ0) is 24.1. The predicted molar refractivity (Wildman–Crippen MR) is 130 cm³/mol. The van der Waals surface area contributed by atoms with Gasteiger partial charge >= 0.3 is 5.97 Å². The van der Waals surface area contributed by atoms with Gasteiger partial charge in [0.15, 0.2) is 0 Å². The van der Waals surface area contributed by atoms with Gasteiger partial charge in [0.1, 0.15) is 21.8 Å². The van der Waals surface area contributed by atoms with Crippen molar-refractivity contribution in [1.82, 2.24) is 9.47 Å². The number of anilines is 1. The summed E-state index contributed by atoms with van der Waals surface area (Å²) >= 11 is 6.51. The van der Waals surface area contributed by atoms with Gasteiger partial charge in [-0.1, -0.05) is 30.9 Å². The molecule has 0 aliphatic carbocycles. The van der Waals surface area contributed by atoms with E-state index in [0.717, 1.165) is 11.8 Å². The van der Waals surface area contributed by atoms with Crippen LogP contribution in [0, 0.1) is 18.3 Å². The number of thiocarbonyl (C=S) groups is 1. The first-order chi connectivity index (χ1) is 15.8. The quantitative estimate of drug-likeness (QED) is 0.433. The van der Waals surface area contributed by atoms with Crippen LogP contribution in [-0.4, -0.2) is 63.6 Å². The highest BCUT2D eigenvalue weighted by Crippen LogP contribution is 2.36. The van der Waals surface area contributed by atoms with Gasteiger partial charge < -0.3 is 14.7 Å². The van der Waals surface area contributed by atoms with Crippen molar-refractivity contribution >= 4 is 52.1 Å². The van der Waals surface area contributed by atoms with Crippen LogP contribution in [0.5, 0.6) is 0 Å². The van der Waals surface area contributed by atoms with Crippen LogP contribution in [0.2, 0.25) is 0 Å². The Kier molecular flexibility index (Phi) is 8.29. The van der Waals surface area contributed by atoms with E-state index in [1.807, 2.05) is 13.0 Å². The molecule has 33 heavy (non-hydrogen) atoms. The average Bonchev–Trinajstić information content (AvgIpc) is 3.05. The molecule has 176 valence electrons. The number of rotatable bonds is 8. The summed E-state index contributed by atoms with van der Waals surface area (Å²) in [5.41, 5.74) is 0.889. The number of hydrogen-bond donors (Lipinski definition) is 1. The molecule has 3 heterocycles. The van der Waals surface area contributed by atoms with E-state index in [4.69, 9.17) is 22.1 Å². The Bertz CT molecular complexity index is 1100. The number of ether oxygens (including phenoxy) is 1. The van der Waals surface area contributed by atoms with Gasteiger partial charge in [-0.2, -0.15) is 5.26 Å². The lowest BCUT2D eigenvalue weighted by atomic mass is 10.0. The Morgan fingerprint density at radius 3 is 2.61 bits per heavy atom. The molecular weight excluding hydrogens is 464 g/mol. The number of nitrogens with zero attached hydrogens (tertiary/aromatic N) is 4. The topological polar surface area (TPSA) is 116 Å². The molecule has 1 amide bonds. The number of aromatic nitrogens is 1. The molecule has 2 fully saturated rings. The molecule has 11 heteroatoms. The van der Waals surface area contributed by atoms with Crippen LogP contribution in [0.15, 0.2) is 9.70 Å². The maximum absolute atomic E-state index is 13.1. The number of nitriles is 1. The van der Waals surface area contributed by atoms with Crippen molar-refractivity contribution in [3.63, 3.8) is 0 Å². The van der Waals surface area contributed by atoms with Gasteiger partial charge in [0.25, 0.3) is 11.5 Å². The van der Waals surface area contributed by atoms with Crippen LogP contribution < -0.4 is 10.5 Å². The first-order valence-corrected chi connectivity index (χ1v) is 12.0. The number of carbonyl (C=O) groups is 2. The van der Waals surface area contributed by atoms with Gasteiger partial charge in [-0.25, -0.2) is 0 Å². The summed E-state index contributed by atoms with van der Waals surface area (Å²) in [6, 6.07) is 2.04. The Labute approximate surface area is 201 Å². The molecule has 1 aromatic heterocycles. The number of thioether (sulfide) groups is 1. The molecule has 0 bridgehead atoms. The summed E-state index contributed by atoms with van der Waals surface area (Å²) in [7, 11) is 0. The zero-order valence-corrected chi connectivity index (χ0v) is 20.3. The number of pyridine rings is 1. The summed E-state index contributed by atoms with van der Waals surface area (Å²) in [5, 5.41) is 18.6. The highest BCUT2D eigenvalue weighted by atomic mass is 32.2. The number of carboxylic acid groups (broad SMARTS) is 1. The predicted octanol–water partition coefficient (Wildman–Crippen LogP) is 2.34. The third-order valence-corrected chi connectivity index (χ3v) is 6.90. The highest BCUT2D eigenvalue weighted by Gasteiger charge is 2.33. The summed E-state index contributed by atoms with van der Waals surface area (Å²) in [4.78, 5) is 40.9. The molecule has 0 aromatic carbocycles. The number of hydrogen-bond acceptors (Lipinski definition) is 8. The fourth-order valence-electron chi connectivity index (χ4n) is 3.90. The van der Waals surface area contributed by atoms with Crippen molar-refractivity contribution in [3.05, 3.63) is 31.9 Å². The summed E-state index contributed by atoms with van der Waals surface area (Å²) in [6.07, 6.45) is 2.66. The Morgan fingerprint density at radius 2 is 2.00 bits per heavy atom. The Hall–Kier alpha value is -2.68. The largest absolute Gasteiger partial charge is 0.481 e. The summed E-state index contributed by atoms with van der Waals surface area (Å²) < 4.78 is 7.47. The summed E-state index contributed by atoms with van der Waals surface area (Å²) in [5.74, 6) is -0.545. The van der Waals surface area contributed by atoms with E-state index in [1.54, 1.807) is 17.6 Å². The first kappa shape index (κ1) is 25.0. The Morgan fingerprint density at radius 1 is 1.30 bits per heavy atom. The van der Waals surface area contributed by atoms with Crippen LogP contribution in [-0.2, 0) is 20.9 Å². The van der Waals surface area contributed by atoms with Crippen molar-refractivity contribution in [2.24, 2.45) is 0 Å². The third-order valence-electron chi connectivity index (χ3n) is 5.53. The highest BCUT2D eigenvalue weighted by molar-refractivity contribution is 8.26. The number of amides is 1. The fourth-order valence-corrected chi connectivity index (χ4v) is 5.19. The zero-order valence-electron chi connectivity index (χ0n) is 18.6. The monoisotopic (exact) mass is 490 g/mol. The first-order valence-electron chi connectivity index (χ1n) is 10.8. The minimum absolute atomic E-state index is 0.0517. The van der Waals surface area contributed by atoms with Gasteiger partial charge in [0.2, 0.25) is 0 Å². The van der Waals surface area contributed by atoms with Gasteiger partial charge in [0, 0.05) is 38.2 Å². The van der Waals surface area contributed by atoms with Crippen molar-refractivity contribution < 1.29 is 19.4 Å². The fraction of sp³-hybridized carbons (Fsp3) is 0.500. The van der Waals surface area contributed by atoms with E-state index in [0.29, 0.717) is 71.9 Å². The normalized spacial score (nSPS) is 17.7. The van der Waals surface area contributed by atoms with E-state index < -0.39 is 5.97 Å². The van der Waals surface area contributed by atoms with Crippen molar-refractivity contribution in [2.45, 2.75) is 39.7 Å². The minimum Gasteiger partial charge on any atom is -0.481 e. The molecule has 1 aromatic rings. The smallest absolute Gasteiger partial charge is 0.303 e. The van der Waals surface area contributed by atoms with Crippen LogP contribution in [0.1, 0.15) is 42.9 Å². The lowest BCUT2D eigenvalue weighted by molar-refractivity contribution is -0.137. The average molecular weight is 491 g/mol. The van der Waals surface area contributed by atoms with Crippen molar-refractivity contribution in [3.8, 4) is 6.07 Å². The molecular formula is C22H26N4O5S2. The number of carbonyl (C=O) groups excluding carboxylic acids is 1. The van der Waals surface area contributed by atoms with Crippen molar-refractivity contribution in [2.75, 3.05) is 37.7 Å². The minimum atomic E-state index is -0.927. The van der Waals surface area contributed by atoms with Gasteiger partial charge in [-0.3, -0.25) is 23.9 Å². The molecule has 2 aliphatic heterocycles.